The molecule has 0 N–H and O–H groups in total. The van der Waals surface area contributed by atoms with Gasteiger partial charge in [0.1, 0.15) is 0 Å². The van der Waals surface area contributed by atoms with Gasteiger partial charge in [0, 0.05) is 0 Å². The summed E-state index contributed by atoms with van der Waals surface area (Å²) in [6, 6.07) is 0. The van der Waals surface area contributed by atoms with Crippen LogP contribution >= 0.6 is 0 Å². The van der Waals surface area contributed by atoms with Gasteiger partial charge in [-0.2, -0.15) is 0 Å². The second kappa shape index (κ2) is 7.92. The van der Waals surface area contributed by atoms with Crippen molar-refractivity contribution < 1.29 is 0 Å². The van der Waals surface area contributed by atoms with Crippen LogP contribution in [0.3, 0.4) is 0 Å². The molecule has 0 aliphatic rings. The molecule has 0 bridgehead atoms. The summed E-state index contributed by atoms with van der Waals surface area (Å²) in [4.78, 5) is 0. The molecule has 0 aliphatic carbocycles. The van der Waals surface area contributed by atoms with Crippen LogP contribution in [0.15, 0.2) is 11.6 Å². The predicted molar refractivity (Wildman–Crippen MR) is 75.6 cm³/mol. The van der Waals surface area contributed by atoms with Gasteiger partial charge in [-0.1, -0.05) is 52.7 Å². The van der Waals surface area contributed by atoms with E-state index in [1.165, 1.54) is 19.3 Å². The Hall–Kier alpha value is -0.260. The largest absolute Gasteiger partial charge is 0.0885 e. The number of hydrogen-bond acceptors (Lipinski definition) is 0. The van der Waals surface area contributed by atoms with Crippen LogP contribution in [0.5, 0.6) is 0 Å². The van der Waals surface area contributed by atoms with Crippen LogP contribution < -0.4 is 0 Å². The Morgan fingerprint density at radius 1 is 1.00 bits per heavy atom. The Labute approximate surface area is 104 Å². The number of hydrogen-bond donors (Lipinski definition) is 0. The van der Waals surface area contributed by atoms with Crippen molar-refractivity contribution in [3.63, 3.8) is 0 Å². The monoisotopic (exact) mass is 224 g/mol. The third kappa shape index (κ3) is 5.72. The molecular weight excluding hydrogens is 192 g/mol. The van der Waals surface area contributed by atoms with Crippen LogP contribution in [0.25, 0.3) is 0 Å². The van der Waals surface area contributed by atoms with Crippen LogP contribution in [0, 0.1) is 23.7 Å². The van der Waals surface area contributed by atoms with E-state index in [-0.39, 0.29) is 0 Å². The lowest BCUT2D eigenvalue weighted by Crippen LogP contribution is -2.14. The van der Waals surface area contributed by atoms with Crippen molar-refractivity contribution in [3.8, 4) is 0 Å². The van der Waals surface area contributed by atoms with E-state index in [0.717, 1.165) is 23.7 Å². The Kier molecular flexibility index (Phi) is 7.80. The highest BCUT2D eigenvalue weighted by molar-refractivity contribution is 5.01. The SMILES string of the molecule is CC=C(C)C(C)C(C)CC(C)CC(C)CC. The minimum atomic E-state index is 0.740. The maximum Gasteiger partial charge on any atom is -0.0209 e. The quantitative estimate of drug-likeness (QED) is 0.487. The molecule has 0 fully saturated rings. The molecule has 0 spiro atoms. The summed E-state index contributed by atoms with van der Waals surface area (Å²) in [5, 5.41) is 0. The molecular formula is C16H32. The summed E-state index contributed by atoms with van der Waals surface area (Å²) in [6.07, 6.45) is 6.35. The first kappa shape index (κ1) is 15.7. The molecule has 4 atom stereocenters. The van der Waals surface area contributed by atoms with E-state index in [1.807, 2.05) is 0 Å². The highest BCUT2D eigenvalue weighted by Crippen LogP contribution is 2.28. The summed E-state index contributed by atoms with van der Waals surface area (Å²) < 4.78 is 0. The van der Waals surface area contributed by atoms with Crippen molar-refractivity contribution in [1.29, 1.82) is 0 Å². The summed E-state index contributed by atoms with van der Waals surface area (Å²) in [5.41, 5.74) is 1.54. The van der Waals surface area contributed by atoms with E-state index in [4.69, 9.17) is 0 Å². The first-order chi connectivity index (χ1) is 7.42. The Morgan fingerprint density at radius 3 is 2.00 bits per heavy atom. The highest BCUT2D eigenvalue weighted by atomic mass is 14.2. The zero-order valence-corrected chi connectivity index (χ0v) is 12.5. The van der Waals surface area contributed by atoms with Gasteiger partial charge in [-0.15, -0.1) is 0 Å². The standard InChI is InChI=1S/C16H32/c1-8-12(3)10-13(4)11-15(6)16(7)14(5)9-2/h9,12-13,15-16H,8,10-11H2,1-7H3. The fraction of sp³-hybridized carbons (Fsp3) is 0.875. The fourth-order valence-corrected chi connectivity index (χ4v) is 2.50. The van der Waals surface area contributed by atoms with E-state index in [0.29, 0.717) is 0 Å². The topological polar surface area (TPSA) is 0 Å². The van der Waals surface area contributed by atoms with Crippen LogP contribution in [0.2, 0.25) is 0 Å². The van der Waals surface area contributed by atoms with Gasteiger partial charge in [-0.05, 0) is 50.4 Å². The van der Waals surface area contributed by atoms with Gasteiger partial charge in [0.05, 0.1) is 0 Å². The Morgan fingerprint density at radius 2 is 1.56 bits per heavy atom. The molecule has 0 heterocycles. The number of allylic oxidation sites excluding steroid dienone is 2. The van der Waals surface area contributed by atoms with Crippen LogP contribution in [0.4, 0.5) is 0 Å². The third-order valence-electron chi connectivity index (χ3n) is 4.30. The molecule has 0 aromatic rings. The van der Waals surface area contributed by atoms with Gasteiger partial charge < -0.3 is 0 Å². The van der Waals surface area contributed by atoms with Crippen molar-refractivity contribution in [2.75, 3.05) is 0 Å². The molecule has 0 saturated carbocycles. The maximum atomic E-state index is 2.42. The van der Waals surface area contributed by atoms with E-state index >= 15 is 0 Å². The minimum absolute atomic E-state index is 0.740. The van der Waals surface area contributed by atoms with Crippen LogP contribution in [-0.4, -0.2) is 0 Å². The zero-order chi connectivity index (χ0) is 12.7. The van der Waals surface area contributed by atoms with E-state index in [9.17, 15) is 0 Å². The van der Waals surface area contributed by atoms with Gasteiger partial charge in [0.25, 0.3) is 0 Å². The molecule has 0 amide bonds. The van der Waals surface area contributed by atoms with Crippen LogP contribution in [0.1, 0.15) is 67.7 Å². The van der Waals surface area contributed by atoms with E-state index < -0.39 is 0 Å². The van der Waals surface area contributed by atoms with Gasteiger partial charge in [-0.25, -0.2) is 0 Å². The predicted octanol–water partition coefficient (Wildman–Crippen LogP) is 5.69. The second-order valence-corrected chi connectivity index (χ2v) is 5.89. The molecule has 0 heteroatoms. The van der Waals surface area contributed by atoms with Crippen molar-refractivity contribution in [3.05, 3.63) is 11.6 Å². The van der Waals surface area contributed by atoms with Crippen molar-refractivity contribution in [2.24, 2.45) is 23.7 Å². The average molecular weight is 224 g/mol. The summed E-state index contributed by atoms with van der Waals surface area (Å²) in [7, 11) is 0. The van der Waals surface area contributed by atoms with E-state index in [2.05, 4.69) is 54.5 Å². The van der Waals surface area contributed by atoms with Crippen molar-refractivity contribution in [1.82, 2.24) is 0 Å². The molecule has 0 rings (SSSR count). The first-order valence-electron chi connectivity index (χ1n) is 7.05. The normalized spacial score (nSPS) is 20.3. The van der Waals surface area contributed by atoms with Gasteiger partial charge in [0.15, 0.2) is 0 Å². The lowest BCUT2D eigenvalue weighted by molar-refractivity contribution is 0.301. The molecule has 0 aromatic heterocycles. The Balaban J connectivity index is 4.08. The zero-order valence-electron chi connectivity index (χ0n) is 12.5. The summed E-state index contributed by atoms with van der Waals surface area (Å²) in [6.45, 7) is 16.3. The Bertz CT molecular complexity index is 202. The lowest BCUT2D eigenvalue weighted by atomic mass is 9.81. The summed E-state index contributed by atoms with van der Waals surface area (Å²) in [5.74, 6) is 3.32. The van der Waals surface area contributed by atoms with Crippen molar-refractivity contribution in [2.45, 2.75) is 67.7 Å². The minimum Gasteiger partial charge on any atom is -0.0885 e. The molecule has 0 radical (unpaired) electrons. The molecule has 4 unspecified atom stereocenters. The number of rotatable bonds is 7. The highest BCUT2D eigenvalue weighted by Gasteiger charge is 2.17. The average Bonchev–Trinajstić information content (AvgIpc) is 2.26. The van der Waals surface area contributed by atoms with Crippen LogP contribution in [-0.2, 0) is 0 Å². The molecule has 0 aromatic carbocycles. The second-order valence-electron chi connectivity index (χ2n) is 5.89. The summed E-state index contributed by atoms with van der Waals surface area (Å²) >= 11 is 0. The van der Waals surface area contributed by atoms with Gasteiger partial charge >= 0.3 is 0 Å². The smallest absolute Gasteiger partial charge is 0.0209 e. The molecule has 16 heavy (non-hydrogen) atoms. The third-order valence-corrected chi connectivity index (χ3v) is 4.30. The lowest BCUT2D eigenvalue weighted by Gasteiger charge is -2.25. The van der Waals surface area contributed by atoms with Crippen molar-refractivity contribution >= 4 is 0 Å². The van der Waals surface area contributed by atoms with Gasteiger partial charge in [-0.3, -0.25) is 0 Å². The maximum absolute atomic E-state index is 2.42. The molecule has 0 saturated heterocycles. The molecule has 0 nitrogen and oxygen atoms in total. The van der Waals surface area contributed by atoms with Gasteiger partial charge in [0.2, 0.25) is 0 Å². The molecule has 96 valence electrons. The van der Waals surface area contributed by atoms with E-state index in [1.54, 1.807) is 5.57 Å². The fourth-order valence-electron chi connectivity index (χ4n) is 2.50. The molecule has 0 aliphatic heterocycles. The first-order valence-corrected chi connectivity index (χ1v) is 7.05.